The van der Waals surface area contributed by atoms with Gasteiger partial charge in [0.25, 0.3) is 0 Å². The number of fused-ring (bicyclic) bond motifs is 2. The van der Waals surface area contributed by atoms with Crippen LogP contribution in [-0.2, 0) is 4.74 Å². The molecule has 1 saturated heterocycles. The Morgan fingerprint density at radius 1 is 1.09 bits per heavy atom. The van der Waals surface area contributed by atoms with Crippen molar-refractivity contribution in [3.63, 3.8) is 0 Å². The first-order valence-corrected chi connectivity index (χ1v) is 12.2. The van der Waals surface area contributed by atoms with Crippen LogP contribution in [0.5, 0.6) is 0 Å². The second-order valence-electron chi connectivity index (χ2n) is 7.19. The average molecular weight is 582 g/mol. The van der Waals surface area contributed by atoms with Gasteiger partial charge in [-0.3, -0.25) is 4.79 Å². The van der Waals surface area contributed by atoms with Crippen molar-refractivity contribution < 1.29 is 19.4 Å². The Labute approximate surface area is 206 Å². The molecule has 0 amide bonds. The summed E-state index contributed by atoms with van der Waals surface area (Å²) < 4.78 is 7.91. The van der Waals surface area contributed by atoms with Crippen LogP contribution in [0, 0.1) is 0 Å². The molecule has 0 aliphatic carbocycles. The summed E-state index contributed by atoms with van der Waals surface area (Å²) in [5.74, 6) is -0.801. The van der Waals surface area contributed by atoms with Gasteiger partial charge in [-0.15, -0.1) is 11.3 Å². The molecule has 2 aromatic heterocycles. The molecular weight excluding hydrogens is 560 g/mol. The topological polar surface area (TPSA) is 105 Å². The monoisotopic (exact) mass is 580 g/mol. The van der Waals surface area contributed by atoms with Gasteiger partial charge in [0, 0.05) is 44.1 Å². The van der Waals surface area contributed by atoms with Crippen LogP contribution in [0.15, 0.2) is 57.5 Å². The van der Waals surface area contributed by atoms with Gasteiger partial charge < -0.3 is 20.6 Å². The molecule has 1 unspecified atom stereocenters. The average Bonchev–Trinajstić information content (AvgIpc) is 3.47. The van der Waals surface area contributed by atoms with E-state index in [1.807, 2.05) is 42.5 Å². The summed E-state index contributed by atoms with van der Waals surface area (Å²) in [5, 5.41) is 10.8. The summed E-state index contributed by atoms with van der Waals surface area (Å²) in [6.07, 6.45) is 1.04. The Morgan fingerprint density at radius 3 is 2.34 bits per heavy atom. The van der Waals surface area contributed by atoms with Crippen LogP contribution < -0.4 is 5.73 Å². The maximum absolute atomic E-state index is 11.1. The van der Waals surface area contributed by atoms with Crippen LogP contribution in [0.4, 0.5) is 0 Å². The number of halogens is 2. The number of carbonyl (C=O) groups is 2. The highest BCUT2D eigenvalue weighted by Crippen LogP contribution is 2.28. The fraction of sp³-hybridized carbons (Fsp3) is 0.217. The first-order chi connectivity index (χ1) is 15.2. The highest BCUT2D eigenvalue weighted by Gasteiger charge is 2.08. The van der Waals surface area contributed by atoms with Crippen LogP contribution in [0.1, 0.15) is 33.5 Å². The third-order valence-electron chi connectivity index (χ3n) is 4.62. The van der Waals surface area contributed by atoms with Gasteiger partial charge in [0.2, 0.25) is 0 Å². The summed E-state index contributed by atoms with van der Waals surface area (Å²) in [5.41, 5.74) is 7.06. The molecule has 2 aromatic carbocycles. The summed E-state index contributed by atoms with van der Waals surface area (Å²) in [6.45, 7) is 3.18. The van der Waals surface area contributed by atoms with Gasteiger partial charge in [-0.05, 0) is 48.2 Å². The number of hydrogen-bond acceptors (Lipinski definition) is 5. The van der Waals surface area contributed by atoms with Gasteiger partial charge in [0.05, 0.1) is 12.3 Å². The zero-order chi connectivity index (χ0) is 23.3. The number of carboxylic acids is 1. The molecule has 3 heterocycles. The number of nitrogens with two attached hydrogens (primary N) is 1. The summed E-state index contributed by atoms with van der Waals surface area (Å²) >= 11 is 8.00. The summed E-state index contributed by atoms with van der Waals surface area (Å²) in [6, 6.07) is 15.5. The number of ketones is 1. The van der Waals surface area contributed by atoms with Crippen molar-refractivity contribution in [1.82, 2.24) is 4.98 Å². The Bertz CT molecular complexity index is 1160. The van der Waals surface area contributed by atoms with Crippen molar-refractivity contribution in [2.75, 3.05) is 13.2 Å². The molecule has 168 valence electrons. The smallest absolute Gasteiger partial charge is 0.345 e. The normalized spacial score (nSPS) is 15.1. The molecule has 1 fully saturated rings. The number of benzene rings is 2. The highest BCUT2D eigenvalue weighted by molar-refractivity contribution is 9.10. The van der Waals surface area contributed by atoms with Gasteiger partial charge in [-0.2, -0.15) is 0 Å². The minimum absolute atomic E-state index is 0.0623. The fourth-order valence-corrected chi connectivity index (χ4v) is 4.77. The minimum Gasteiger partial charge on any atom is -0.477 e. The van der Waals surface area contributed by atoms with Crippen molar-refractivity contribution in [2.45, 2.75) is 19.4 Å². The Balaban J connectivity index is 0.000000145. The first-order valence-electron chi connectivity index (χ1n) is 9.78. The lowest BCUT2D eigenvalue weighted by Gasteiger charge is -1.90. The van der Waals surface area contributed by atoms with Gasteiger partial charge >= 0.3 is 5.97 Å². The molecule has 5 rings (SSSR count). The molecule has 32 heavy (non-hydrogen) atoms. The number of thiophene rings is 1. The number of rotatable bonds is 2. The molecule has 0 saturated carbocycles. The van der Waals surface area contributed by atoms with Crippen LogP contribution in [0.3, 0.4) is 0 Å². The number of H-pyrrole nitrogens is 1. The second kappa shape index (κ2) is 11.2. The largest absolute Gasteiger partial charge is 0.477 e. The predicted octanol–water partition coefficient (Wildman–Crippen LogP) is 6.23. The quantitative estimate of drug-likeness (QED) is 0.243. The molecule has 0 radical (unpaired) electrons. The van der Waals surface area contributed by atoms with Crippen LogP contribution in [0.25, 0.3) is 21.0 Å². The standard InChI is InChI=1S/C10H8BrNO.C9H5BrO2S.C4H9NO/c1-6(13)9-4-7-2-3-8(11)5-10(7)12-9;10-6-2-1-5-3-8(9(11)12)13-7(5)4-6;5-4-1-2-6-3-4/h2-5,12H,1H3;1-4H,(H,11,12);4H,1-3,5H2. The van der Waals surface area contributed by atoms with E-state index in [1.165, 1.54) is 11.3 Å². The van der Waals surface area contributed by atoms with Crippen LogP contribution >= 0.6 is 43.2 Å². The number of carboxylic acid groups (broad SMARTS) is 1. The zero-order valence-corrected chi connectivity index (χ0v) is 21.2. The SMILES string of the molecule is CC(=O)c1cc2ccc(Br)cc2[nH]1.NC1CCOC1.O=C(O)c1cc2ccc(Br)cc2s1. The van der Waals surface area contributed by atoms with E-state index in [-0.39, 0.29) is 5.78 Å². The van der Waals surface area contributed by atoms with Crippen molar-refractivity contribution in [3.05, 3.63) is 68.0 Å². The Kier molecular flexibility index (Phi) is 8.61. The van der Waals surface area contributed by atoms with Crippen LogP contribution in [0.2, 0.25) is 0 Å². The van der Waals surface area contributed by atoms with Crippen molar-refractivity contribution in [2.24, 2.45) is 5.73 Å². The number of Topliss-reactive ketones (excluding diaryl/α,β-unsaturated/α-hetero) is 1. The predicted molar refractivity (Wildman–Crippen MR) is 136 cm³/mol. The van der Waals surface area contributed by atoms with E-state index in [9.17, 15) is 9.59 Å². The molecule has 0 spiro atoms. The maximum atomic E-state index is 11.1. The number of ether oxygens (including phenoxy) is 1. The van der Waals surface area contributed by atoms with E-state index in [0.29, 0.717) is 16.6 Å². The van der Waals surface area contributed by atoms with Gasteiger partial charge in [0.15, 0.2) is 5.78 Å². The molecular formula is C23H22Br2N2O4S. The number of nitrogens with one attached hydrogen (secondary N) is 1. The van der Waals surface area contributed by atoms with E-state index in [1.54, 1.807) is 13.0 Å². The van der Waals surface area contributed by atoms with Gasteiger partial charge in [-0.1, -0.05) is 44.0 Å². The maximum Gasteiger partial charge on any atom is 0.345 e. The molecule has 4 aromatic rings. The van der Waals surface area contributed by atoms with Crippen LogP contribution in [-0.4, -0.2) is 41.1 Å². The number of aromatic carboxylic acids is 1. The number of carbonyl (C=O) groups excluding carboxylic acids is 1. The highest BCUT2D eigenvalue weighted by atomic mass is 79.9. The lowest BCUT2D eigenvalue weighted by molar-refractivity contribution is 0.0702. The summed E-state index contributed by atoms with van der Waals surface area (Å²) in [4.78, 5) is 25.1. The lowest BCUT2D eigenvalue weighted by atomic mass is 10.2. The number of aromatic amines is 1. The lowest BCUT2D eigenvalue weighted by Crippen LogP contribution is -2.18. The van der Waals surface area contributed by atoms with E-state index < -0.39 is 5.97 Å². The molecule has 1 atom stereocenters. The molecule has 1 aliphatic heterocycles. The zero-order valence-electron chi connectivity index (χ0n) is 17.2. The van der Waals surface area contributed by atoms with E-state index in [2.05, 4.69) is 36.8 Å². The summed E-state index contributed by atoms with van der Waals surface area (Å²) in [7, 11) is 0. The van der Waals surface area contributed by atoms with Gasteiger partial charge in [-0.25, -0.2) is 4.79 Å². The Morgan fingerprint density at radius 2 is 1.78 bits per heavy atom. The molecule has 0 bridgehead atoms. The first kappa shape index (κ1) is 24.6. The van der Waals surface area contributed by atoms with Crippen molar-refractivity contribution in [1.29, 1.82) is 0 Å². The van der Waals surface area contributed by atoms with E-state index in [4.69, 9.17) is 15.6 Å². The van der Waals surface area contributed by atoms with E-state index in [0.717, 1.165) is 49.6 Å². The molecule has 6 nitrogen and oxygen atoms in total. The minimum atomic E-state index is -0.864. The second-order valence-corrected chi connectivity index (χ2v) is 10.1. The third kappa shape index (κ3) is 6.73. The van der Waals surface area contributed by atoms with Crippen molar-refractivity contribution in [3.8, 4) is 0 Å². The third-order valence-corrected chi connectivity index (χ3v) is 6.69. The van der Waals surface area contributed by atoms with Crippen molar-refractivity contribution >= 4 is 75.9 Å². The fourth-order valence-electron chi connectivity index (χ4n) is 2.95. The molecule has 1 aliphatic rings. The molecule has 4 N–H and O–H groups in total. The Hall–Kier alpha value is -2.04. The van der Waals surface area contributed by atoms with E-state index >= 15 is 0 Å². The van der Waals surface area contributed by atoms with Gasteiger partial charge in [0.1, 0.15) is 4.88 Å². The number of aromatic nitrogens is 1. The molecule has 9 heteroatoms. The number of hydrogen-bond donors (Lipinski definition) is 3.